The molecule has 0 aliphatic heterocycles. The number of hydrogen-bond donors (Lipinski definition) is 0. The summed E-state index contributed by atoms with van der Waals surface area (Å²) in [5.41, 5.74) is 0.544. The normalized spacial score (nSPS) is 25.0. The fourth-order valence-corrected chi connectivity index (χ4v) is 6.77. The molecule has 29 heavy (non-hydrogen) atoms. The van der Waals surface area contributed by atoms with Crippen molar-refractivity contribution in [3.05, 3.63) is 66.2 Å². The van der Waals surface area contributed by atoms with Crippen molar-refractivity contribution in [3.8, 4) is 6.07 Å². The molecule has 0 unspecified atom stereocenters. The van der Waals surface area contributed by atoms with Gasteiger partial charge >= 0.3 is 0 Å². The fourth-order valence-electron chi connectivity index (χ4n) is 4.50. The van der Waals surface area contributed by atoms with E-state index in [2.05, 4.69) is 0 Å². The summed E-state index contributed by atoms with van der Waals surface area (Å²) in [6.45, 7) is 0. The van der Waals surface area contributed by atoms with Gasteiger partial charge in [0, 0.05) is 28.4 Å². The lowest BCUT2D eigenvalue weighted by Crippen LogP contribution is -2.88. The molecule has 1 saturated carbocycles. The number of nitrogens with zero attached hydrogens (tertiary/aromatic N) is 1. The van der Waals surface area contributed by atoms with E-state index in [1.165, 1.54) is 40.6 Å². The Hall–Kier alpha value is -2.28. The highest BCUT2D eigenvalue weighted by molar-refractivity contribution is 7.93. The summed E-state index contributed by atoms with van der Waals surface area (Å²) in [6, 6.07) is 18.5. The number of sulfone groups is 1. The molecule has 7 nitrogen and oxygen atoms in total. The van der Waals surface area contributed by atoms with Gasteiger partial charge in [-0.05, 0) is 17.7 Å². The zero-order chi connectivity index (χ0) is 21.3. The maximum Gasteiger partial charge on any atom is 0.259 e. The quantitative estimate of drug-likeness (QED) is 0.639. The highest BCUT2D eigenvalue weighted by atomic mass is 32.2. The Morgan fingerprint density at radius 2 is 1.31 bits per heavy atom. The van der Waals surface area contributed by atoms with Crippen LogP contribution in [0, 0.1) is 11.3 Å². The molecule has 0 heterocycles. The van der Waals surface area contributed by atoms with Crippen molar-refractivity contribution in [1.29, 1.82) is 5.26 Å². The van der Waals surface area contributed by atoms with Crippen LogP contribution in [0.2, 0.25) is 0 Å². The zero-order valence-electron chi connectivity index (χ0n) is 16.7. The Kier molecular flexibility index (Phi) is 5.56. The predicted octanol–water partition coefficient (Wildman–Crippen LogP) is 2.50. The van der Waals surface area contributed by atoms with Crippen LogP contribution in [0.25, 0.3) is 0 Å². The highest BCUT2D eigenvalue weighted by Gasteiger charge is 2.90. The van der Waals surface area contributed by atoms with Crippen molar-refractivity contribution in [1.82, 2.24) is 0 Å². The van der Waals surface area contributed by atoms with Crippen molar-refractivity contribution in [2.24, 2.45) is 0 Å². The topological polar surface area (TPSA) is 94.9 Å². The predicted molar refractivity (Wildman–Crippen MR) is 105 cm³/mol. The molecule has 2 atom stereocenters. The smallest absolute Gasteiger partial charge is 0.259 e. The molecule has 3 rings (SSSR count). The Morgan fingerprint density at radius 1 is 0.828 bits per heavy atom. The SMILES string of the molecule is COC1(OC)[C@@H](c2ccccc2)[C@](C#N)(S(=O)(=O)c2ccccc2)C1(OC)OC. The minimum Gasteiger partial charge on any atom is -0.348 e. The van der Waals surface area contributed by atoms with E-state index in [0.717, 1.165) is 0 Å². The van der Waals surface area contributed by atoms with E-state index < -0.39 is 32.1 Å². The molecule has 0 radical (unpaired) electrons. The van der Waals surface area contributed by atoms with E-state index in [0.29, 0.717) is 5.56 Å². The Bertz CT molecular complexity index is 994. The Morgan fingerprint density at radius 3 is 1.72 bits per heavy atom. The average Bonchev–Trinajstić information content (AvgIpc) is 2.76. The average molecular weight is 417 g/mol. The van der Waals surface area contributed by atoms with E-state index in [1.807, 2.05) is 6.07 Å². The third-order valence-corrected chi connectivity index (χ3v) is 8.03. The molecule has 1 fully saturated rings. The molecule has 154 valence electrons. The summed E-state index contributed by atoms with van der Waals surface area (Å²) in [5, 5.41) is 10.4. The van der Waals surface area contributed by atoms with Gasteiger partial charge in [-0.3, -0.25) is 0 Å². The van der Waals surface area contributed by atoms with Gasteiger partial charge in [0.15, 0.2) is 0 Å². The van der Waals surface area contributed by atoms with E-state index >= 15 is 0 Å². The second kappa shape index (κ2) is 7.52. The van der Waals surface area contributed by atoms with Gasteiger partial charge in [0.25, 0.3) is 5.79 Å². The molecule has 1 aliphatic rings. The standard InChI is InChI=1S/C21H23NO6S/c1-25-20(26-2)18(16-11-7-5-8-12-16)19(15-22,21(20,27-3)28-4)29(23,24)17-13-9-6-10-14-17/h5-14,18H,1-4H3/t18-,19-/m0/s1. The molecule has 0 spiro atoms. The van der Waals surface area contributed by atoms with Crippen LogP contribution in [-0.4, -0.2) is 53.2 Å². The summed E-state index contributed by atoms with van der Waals surface area (Å²) in [7, 11) is 0.958. The summed E-state index contributed by atoms with van der Waals surface area (Å²) >= 11 is 0. The van der Waals surface area contributed by atoms with Crippen LogP contribution >= 0.6 is 0 Å². The number of nitriles is 1. The van der Waals surface area contributed by atoms with Gasteiger partial charge in [-0.2, -0.15) is 5.26 Å². The highest BCUT2D eigenvalue weighted by Crippen LogP contribution is 2.68. The van der Waals surface area contributed by atoms with E-state index in [-0.39, 0.29) is 4.90 Å². The molecular weight excluding hydrogens is 394 g/mol. The molecule has 2 aromatic carbocycles. The van der Waals surface area contributed by atoms with Crippen molar-refractivity contribution in [3.63, 3.8) is 0 Å². The number of ether oxygens (including phenoxy) is 4. The Balaban J connectivity index is 2.42. The molecule has 0 aromatic heterocycles. The van der Waals surface area contributed by atoms with Gasteiger partial charge in [0.2, 0.25) is 20.4 Å². The van der Waals surface area contributed by atoms with Crippen LogP contribution in [-0.2, 0) is 28.8 Å². The van der Waals surface area contributed by atoms with E-state index in [9.17, 15) is 13.7 Å². The van der Waals surface area contributed by atoms with Crippen molar-refractivity contribution >= 4 is 9.84 Å². The summed E-state index contributed by atoms with van der Waals surface area (Å²) < 4.78 is 48.2. The molecule has 8 heteroatoms. The molecular formula is C21H23NO6S. The maximum absolute atomic E-state index is 13.9. The van der Waals surface area contributed by atoms with Gasteiger partial charge < -0.3 is 18.9 Å². The van der Waals surface area contributed by atoms with Gasteiger partial charge in [0.05, 0.1) is 16.9 Å². The van der Waals surface area contributed by atoms with Crippen molar-refractivity contribution in [2.45, 2.75) is 27.1 Å². The van der Waals surface area contributed by atoms with E-state index in [4.69, 9.17) is 18.9 Å². The third-order valence-electron chi connectivity index (χ3n) is 5.69. The fraction of sp³-hybridized carbons (Fsp3) is 0.381. The van der Waals surface area contributed by atoms with Crippen LogP contribution in [0.1, 0.15) is 11.5 Å². The summed E-state index contributed by atoms with van der Waals surface area (Å²) in [6.07, 6.45) is 0. The van der Waals surface area contributed by atoms with Crippen LogP contribution in [0.3, 0.4) is 0 Å². The van der Waals surface area contributed by atoms with Crippen LogP contribution < -0.4 is 0 Å². The second-order valence-corrected chi connectivity index (χ2v) is 8.73. The number of benzene rings is 2. The lowest BCUT2D eigenvalue weighted by atomic mass is 9.58. The molecule has 0 bridgehead atoms. The first kappa shape index (κ1) is 21.4. The first-order chi connectivity index (χ1) is 13.9. The summed E-state index contributed by atoms with van der Waals surface area (Å²) in [4.78, 5) is -0.0261. The van der Waals surface area contributed by atoms with Gasteiger partial charge in [-0.15, -0.1) is 0 Å². The third kappa shape index (κ3) is 2.40. The molecule has 2 aromatic rings. The lowest BCUT2D eigenvalue weighted by molar-refractivity contribution is -0.455. The van der Waals surface area contributed by atoms with Crippen molar-refractivity contribution in [2.75, 3.05) is 28.4 Å². The van der Waals surface area contributed by atoms with E-state index in [1.54, 1.807) is 48.5 Å². The number of rotatable bonds is 7. The van der Waals surface area contributed by atoms with Gasteiger partial charge in [-0.1, -0.05) is 48.5 Å². The molecule has 0 N–H and O–H groups in total. The first-order valence-corrected chi connectivity index (χ1v) is 10.3. The first-order valence-electron chi connectivity index (χ1n) is 8.85. The minimum atomic E-state index is -4.31. The number of hydrogen-bond acceptors (Lipinski definition) is 7. The number of methoxy groups -OCH3 is 4. The van der Waals surface area contributed by atoms with Gasteiger partial charge in [-0.25, -0.2) is 8.42 Å². The van der Waals surface area contributed by atoms with Crippen LogP contribution in [0.15, 0.2) is 65.6 Å². The van der Waals surface area contributed by atoms with Crippen molar-refractivity contribution < 1.29 is 27.4 Å². The monoisotopic (exact) mass is 417 g/mol. The maximum atomic E-state index is 13.9. The minimum absolute atomic E-state index is 0.0261. The van der Waals surface area contributed by atoms with Crippen LogP contribution in [0.4, 0.5) is 0 Å². The summed E-state index contributed by atoms with van der Waals surface area (Å²) in [5.74, 6) is -4.79. The molecule has 0 saturated heterocycles. The Labute approximate surface area is 170 Å². The second-order valence-electron chi connectivity index (χ2n) is 6.61. The largest absolute Gasteiger partial charge is 0.348 e. The molecule has 0 amide bonds. The van der Waals surface area contributed by atoms with Crippen LogP contribution in [0.5, 0.6) is 0 Å². The lowest BCUT2D eigenvalue weighted by Gasteiger charge is -2.66. The van der Waals surface area contributed by atoms with Gasteiger partial charge in [0.1, 0.15) is 0 Å². The molecule has 1 aliphatic carbocycles. The zero-order valence-corrected chi connectivity index (χ0v) is 17.5.